The SMILES string of the molecule is CC(C)[C@@H](NC(=O)c1cc(Cc2ccccc2)ccc1F)C(=O)O. The molecule has 0 aliphatic carbocycles. The first-order valence-corrected chi connectivity index (χ1v) is 7.74. The molecule has 4 nitrogen and oxygen atoms in total. The smallest absolute Gasteiger partial charge is 0.326 e. The van der Waals surface area contributed by atoms with E-state index in [9.17, 15) is 14.0 Å². The second-order valence-electron chi connectivity index (χ2n) is 6.01. The minimum atomic E-state index is -1.14. The van der Waals surface area contributed by atoms with E-state index in [1.807, 2.05) is 30.3 Å². The number of carboxylic acid groups (broad SMARTS) is 1. The van der Waals surface area contributed by atoms with Crippen molar-refractivity contribution in [2.45, 2.75) is 26.3 Å². The molecule has 0 aliphatic rings. The number of amides is 1. The van der Waals surface area contributed by atoms with Crippen molar-refractivity contribution in [1.29, 1.82) is 0 Å². The summed E-state index contributed by atoms with van der Waals surface area (Å²) in [6.45, 7) is 3.36. The number of halogens is 1. The van der Waals surface area contributed by atoms with Gasteiger partial charge in [-0.05, 0) is 35.6 Å². The van der Waals surface area contributed by atoms with Gasteiger partial charge in [-0.1, -0.05) is 50.2 Å². The fraction of sp³-hybridized carbons (Fsp3) is 0.263. The van der Waals surface area contributed by atoms with E-state index in [-0.39, 0.29) is 11.5 Å². The molecule has 1 amide bonds. The average molecular weight is 329 g/mol. The van der Waals surface area contributed by atoms with E-state index in [0.717, 1.165) is 11.1 Å². The van der Waals surface area contributed by atoms with Crippen LogP contribution in [0.25, 0.3) is 0 Å². The zero-order valence-electron chi connectivity index (χ0n) is 13.6. The van der Waals surface area contributed by atoms with Crippen molar-refractivity contribution in [3.8, 4) is 0 Å². The third-order valence-corrected chi connectivity index (χ3v) is 3.75. The molecular weight excluding hydrogens is 309 g/mol. The van der Waals surface area contributed by atoms with Crippen LogP contribution in [-0.4, -0.2) is 23.0 Å². The molecule has 0 aromatic heterocycles. The number of carbonyl (C=O) groups excluding carboxylic acids is 1. The van der Waals surface area contributed by atoms with Gasteiger partial charge in [-0.3, -0.25) is 4.79 Å². The molecule has 24 heavy (non-hydrogen) atoms. The van der Waals surface area contributed by atoms with Crippen molar-refractivity contribution < 1.29 is 19.1 Å². The monoisotopic (exact) mass is 329 g/mol. The van der Waals surface area contributed by atoms with Crippen molar-refractivity contribution in [3.63, 3.8) is 0 Å². The highest BCUT2D eigenvalue weighted by atomic mass is 19.1. The maximum Gasteiger partial charge on any atom is 0.326 e. The highest BCUT2D eigenvalue weighted by molar-refractivity contribution is 5.97. The molecule has 0 spiro atoms. The van der Waals surface area contributed by atoms with Crippen LogP contribution in [0.2, 0.25) is 0 Å². The zero-order valence-corrected chi connectivity index (χ0v) is 13.6. The molecule has 1 atom stereocenters. The number of aliphatic carboxylic acids is 1. The fourth-order valence-electron chi connectivity index (χ4n) is 2.42. The summed E-state index contributed by atoms with van der Waals surface area (Å²) in [4.78, 5) is 23.5. The van der Waals surface area contributed by atoms with Gasteiger partial charge in [0.25, 0.3) is 5.91 Å². The molecule has 5 heteroatoms. The zero-order chi connectivity index (χ0) is 17.7. The lowest BCUT2D eigenvalue weighted by Crippen LogP contribution is -2.44. The van der Waals surface area contributed by atoms with Crippen molar-refractivity contribution in [1.82, 2.24) is 5.32 Å². The molecule has 2 aromatic carbocycles. The second-order valence-corrected chi connectivity index (χ2v) is 6.01. The summed E-state index contributed by atoms with van der Waals surface area (Å²) < 4.78 is 14.0. The number of carboxylic acids is 1. The highest BCUT2D eigenvalue weighted by Gasteiger charge is 2.25. The molecule has 0 aliphatic heterocycles. The van der Waals surface area contributed by atoms with E-state index in [4.69, 9.17) is 5.11 Å². The van der Waals surface area contributed by atoms with Gasteiger partial charge in [0.15, 0.2) is 0 Å². The number of hydrogen-bond donors (Lipinski definition) is 2. The second kappa shape index (κ2) is 7.73. The molecular formula is C19H20FNO3. The van der Waals surface area contributed by atoms with Gasteiger partial charge in [-0.15, -0.1) is 0 Å². The van der Waals surface area contributed by atoms with Gasteiger partial charge in [0.2, 0.25) is 0 Å². The van der Waals surface area contributed by atoms with Crippen molar-refractivity contribution in [2.24, 2.45) is 5.92 Å². The summed E-state index contributed by atoms with van der Waals surface area (Å²) in [5, 5.41) is 11.5. The summed E-state index contributed by atoms with van der Waals surface area (Å²) >= 11 is 0. The first-order chi connectivity index (χ1) is 11.4. The Hall–Kier alpha value is -2.69. The van der Waals surface area contributed by atoms with Crippen LogP contribution >= 0.6 is 0 Å². The molecule has 0 radical (unpaired) electrons. The summed E-state index contributed by atoms with van der Waals surface area (Å²) in [7, 11) is 0. The normalized spacial score (nSPS) is 12.0. The number of benzene rings is 2. The van der Waals surface area contributed by atoms with Crippen molar-refractivity contribution in [3.05, 3.63) is 71.0 Å². The Morgan fingerprint density at radius 2 is 1.75 bits per heavy atom. The molecule has 0 saturated carbocycles. The van der Waals surface area contributed by atoms with E-state index in [1.54, 1.807) is 19.9 Å². The molecule has 0 saturated heterocycles. The third-order valence-electron chi connectivity index (χ3n) is 3.75. The minimum Gasteiger partial charge on any atom is -0.480 e. The minimum absolute atomic E-state index is 0.143. The predicted octanol–water partition coefficient (Wildman–Crippen LogP) is 3.26. The van der Waals surface area contributed by atoms with Crippen molar-refractivity contribution >= 4 is 11.9 Å². The van der Waals surface area contributed by atoms with Crippen LogP contribution < -0.4 is 5.32 Å². The lowest BCUT2D eigenvalue weighted by atomic mass is 10.0. The van der Waals surface area contributed by atoms with Crippen LogP contribution in [0.1, 0.15) is 35.3 Å². The van der Waals surface area contributed by atoms with E-state index in [0.29, 0.717) is 6.42 Å². The number of hydrogen-bond acceptors (Lipinski definition) is 2. The molecule has 2 N–H and O–H groups in total. The molecule has 0 heterocycles. The lowest BCUT2D eigenvalue weighted by molar-refractivity contribution is -0.140. The number of rotatable bonds is 6. The maximum absolute atomic E-state index is 14.0. The molecule has 0 bridgehead atoms. The molecule has 126 valence electrons. The first-order valence-electron chi connectivity index (χ1n) is 7.74. The van der Waals surface area contributed by atoms with Crippen LogP contribution in [0.5, 0.6) is 0 Å². The first kappa shape index (κ1) is 17.7. The van der Waals surface area contributed by atoms with E-state index >= 15 is 0 Å². The third kappa shape index (κ3) is 4.41. The van der Waals surface area contributed by atoms with Gasteiger partial charge in [-0.2, -0.15) is 0 Å². The number of carbonyl (C=O) groups is 2. The Kier molecular flexibility index (Phi) is 5.68. The maximum atomic E-state index is 14.0. The van der Waals surface area contributed by atoms with Gasteiger partial charge >= 0.3 is 5.97 Å². The van der Waals surface area contributed by atoms with Crippen molar-refractivity contribution in [2.75, 3.05) is 0 Å². The Morgan fingerprint density at radius 1 is 1.08 bits per heavy atom. The molecule has 2 rings (SSSR count). The Morgan fingerprint density at radius 3 is 2.33 bits per heavy atom. The lowest BCUT2D eigenvalue weighted by Gasteiger charge is -2.18. The largest absolute Gasteiger partial charge is 0.480 e. The Labute approximate surface area is 140 Å². The summed E-state index contributed by atoms with van der Waals surface area (Å²) in [5.74, 6) is -2.83. The molecule has 0 unspecified atom stereocenters. The topological polar surface area (TPSA) is 66.4 Å². The predicted molar refractivity (Wildman–Crippen MR) is 89.4 cm³/mol. The van der Waals surface area contributed by atoms with Gasteiger partial charge in [-0.25, -0.2) is 9.18 Å². The summed E-state index contributed by atoms with van der Waals surface area (Å²) in [6.07, 6.45) is 0.563. The van der Waals surface area contributed by atoms with E-state index in [2.05, 4.69) is 5.32 Å². The van der Waals surface area contributed by atoms with Gasteiger partial charge in [0, 0.05) is 0 Å². The van der Waals surface area contributed by atoms with Crippen LogP contribution in [0.3, 0.4) is 0 Å². The average Bonchev–Trinajstić information content (AvgIpc) is 2.54. The quantitative estimate of drug-likeness (QED) is 0.855. The Bertz CT molecular complexity index is 729. The van der Waals surface area contributed by atoms with Gasteiger partial charge < -0.3 is 10.4 Å². The van der Waals surface area contributed by atoms with Gasteiger partial charge in [0.05, 0.1) is 5.56 Å². The van der Waals surface area contributed by atoms with Crippen LogP contribution in [-0.2, 0) is 11.2 Å². The summed E-state index contributed by atoms with van der Waals surface area (Å²) in [5.41, 5.74) is 1.68. The summed E-state index contributed by atoms with van der Waals surface area (Å²) in [6, 6.07) is 12.9. The van der Waals surface area contributed by atoms with Crippen LogP contribution in [0.4, 0.5) is 4.39 Å². The van der Waals surface area contributed by atoms with E-state index in [1.165, 1.54) is 12.1 Å². The van der Waals surface area contributed by atoms with Gasteiger partial charge in [0.1, 0.15) is 11.9 Å². The molecule has 0 fully saturated rings. The highest BCUT2D eigenvalue weighted by Crippen LogP contribution is 2.15. The number of nitrogens with one attached hydrogen (secondary N) is 1. The van der Waals surface area contributed by atoms with E-state index < -0.39 is 23.7 Å². The van der Waals surface area contributed by atoms with Crippen LogP contribution in [0, 0.1) is 11.7 Å². The van der Waals surface area contributed by atoms with Crippen LogP contribution in [0.15, 0.2) is 48.5 Å². The fourth-order valence-corrected chi connectivity index (χ4v) is 2.42. The Balaban J connectivity index is 2.21. The standard InChI is InChI=1S/C19H20FNO3/c1-12(2)17(19(23)24)21-18(22)15-11-14(8-9-16(15)20)10-13-6-4-3-5-7-13/h3-9,11-12,17H,10H2,1-2H3,(H,21,22)(H,23,24)/t17-/m1/s1. The molecule has 2 aromatic rings.